The number of hydrogen-bond donors (Lipinski definition) is 0. The number of quaternary nitrogens is 1. The molecule has 1 aliphatic carbocycles. The standard InChI is InChI=1S/C9H19ClN.BrH/c1-11(2,8-10)9-6-4-3-5-7-9;/h9H,3-8H2,1-2H3;1H/q+1;/p-1. The Bertz CT molecular complexity index is 122. The first-order valence-electron chi connectivity index (χ1n) is 4.55. The van der Waals surface area contributed by atoms with Gasteiger partial charge in [0.25, 0.3) is 0 Å². The summed E-state index contributed by atoms with van der Waals surface area (Å²) in [6.07, 6.45) is 6.99. The van der Waals surface area contributed by atoms with Crippen molar-refractivity contribution in [3.63, 3.8) is 0 Å². The average molecular weight is 257 g/mol. The Balaban J connectivity index is 0.00000121. The normalized spacial score (nSPS) is 20.2. The van der Waals surface area contributed by atoms with Crippen molar-refractivity contribution < 1.29 is 21.5 Å². The summed E-state index contributed by atoms with van der Waals surface area (Å²) in [5.41, 5.74) is 0. The first-order chi connectivity index (χ1) is 5.17. The van der Waals surface area contributed by atoms with Gasteiger partial charge in [-0.2, -0.15) is 0 Å². The minimum Gasteiger partial charge on any atom is -1.00 e. The van der Waals surface area contributed by atoms with Gasteiger partial charge in [0, 0.05) is 0 Å². The molecule has 0 heterocycles. The van der Waals surface area contributed by atoms with Gasteiger partial charge >= 0.3 is 0 Å². The second kappa shape index (κ2) is 5.46. The van der Waals surface area contributed by atoms with Gasteiger partial charge in [-0.15, -0.1) is 0 Å². The van der Waals surface area contributed by atoms with Crippen LogP contribution in [0.4, 0.5) is 0 Å². The van der Waals surface area contributed by atoms with Gasteiger partial charge in [-0.05, 0) is 25.7 Å². The molecule has 1 fully saturated rings. The maximum atomic E-state index is 5.90. The fourth-order valence-electron chi connectivity index (χ4n) is 1.88. The molecule has 1 saturated carbocycles. The van der Waals surface area contributed by atoms with Gasteiger partial charge in [0.05, 0.1) is 20.1 Å². The molecule has 1 aliphatic rings. The molecule has 0 aromatic rings. The molecule has 3 heteroatoms. The summed E-state index contributed by atoms with van der Waals surface area (Å²) in [6, 6.07) is 1.58. The highest BCUT2D eigenvalue weighted by Crippen LogP contribution is 2.25. The highest BCUT2D eigenvalue weighted by molar-refractivity contribution is 6.16. The third kappa shape index (κ3) is 3.23. The number of alkyl halides is 1. The predicted octanol–water partition coefficient (Wildman–Crippen LogP) is -0.404. The number of nitrogens with zero attached hydrogens (tertiary/aromatic N) is 1. The van der Waals surface area contributed by atoms with Crippen LogP contribution in [0.2, 0.25) is 0 Å². The number of rotatable bonds is 2. The minimum absolute atomic E-state index is 0. The smallest absolute Gasteiger partial charge is 0.154 e. The van der Waals surface area contributed by atoms with Crippen LogP contribution in [-0.2, 0) is 0 Å². The highest BCUT2D eigenvalue weighted by Gasteiger charge is 2.28. The van der Waals surface area contributed by atoms with E-state index in [1.54, 1.807) is 0 Å². The molecule has 0 aromatic heterocycles. The molecule has 0 atom stereocenters. The summed E-state index contributed by atoms with van der Waals surface area (Å²) in [5.74, 6) is 0. The van der Waals surface area contributed by atoms with Crippen LogP contribution in [0, 0.1) is 0 Å². The second-order valence-electron chi connectivity index (χ2n) is 4.19. The van der Waals surface area contributed by atoms with E-state index in [-0.39, 0.29) is 17.0 Å². The second-order valence-corrected chi connectivity index (χ2v) is 4.43. The zero-order valence-corrected chi connectivity index (χ0v) is 10.4. The summed E-state index contributed by atoms with van der Waals surface area (Å²) in [5, 5.41) is 0. The van der Waals surface area contributed by atoms with E-state index in [1.807, 2.05) is 0 Å². The molecule has 0 aromatic carbocycles. The third-order valence-electron chi connectivity index (χ3n) is 2.87. The van der Waals surface area contributed by atoms with Crippen LogP contribution in [0.1, 0.15) is 32.1 Å². The average Bonchev–Trinajstić information content (AvgIpc) is 2.06. The van der Waals surface area contributed by atoms with Crippen LogP contribution in [0.3, 0.4) is 0 Å². The third-order valence-corrected chi connectivity index (χ3v) is 3.49. The molecule has 0 spiro atoms. The van der Waals surface area contributed by atoms with E-state index < -0.39 is 0 Å². The van der Waals surface area contributed by atoms with E-state index in [9.17, 15) is 0 Å². The summed E-state index contributed by atoms with van der Waals surface area (Å²) < 4.78 is 1.00. The summed E-state index contributed by atoms with van der Waals surface area (Å²) in [7, 11) is 4.48. The Morgan fingerprint density at radius 1 is 1.17 bits per heavy atom. The van der Waals surface area contributed by atoms with Crippen molar-refractivity contribution in [2.75, 3.05) is 20.1 Å². The van der Waals surface area contributed by atoms with E-state index >= 15 is 0 Å². The highest BCUT2D eigenvalue weighted by atomic mass is 79.9. The lowest BCUT2D eigenvalue weighted by Gasteiger charge is -2.38. The van der Waals surface area contributed by atoms with Crippen LogP contribution >= 0.6 is 11.6 Å². The molecule has 0 N–H and O–H groups in total. The maximum Gasteiger partial charge on any atom is 0.154 e. The zero-order chi connectivity index (χ0) is 8.32. The molecule has 1 rings (SSSR count). The first kappa shape index (κ1) is 12.7. The van der Waals surface area contributed by atoms with E-state index in [0.717, 1.165) is 16.5 Å². The zero-order valence-electron chi connectivity index (χ0n) is 8.02. The Hall–Kier alpha value is 0.730. The summed E-state index contributed by atoms with van der Waals surface area (Å²) in [6.45, 7) is 0. The fraction of sp³-hybridized carbons (Fsp3) is 1.00. The van der Waals surface area contributed by atoms with Crippen LogP contribution in [0.5, 0.6) is 0 Å². The van der Waals surface area contributed by atoms with Gasteiger partial charge in [-0.25, -0.2) is 0 Å². The molecule has 12 heavy (non-hydrogen) atoms. The van der Waals surface area contributed by atoms with Gasteiger partial charge in [0.15, 0.2) is 6.00 Å². The quantitative estimate of drug-likeness (QED) is 0.358. The van der Waals surface area contributed by atoms with Crippen LogP contribution in [-0.4, -0.2) is 30.6 Å². The minimum atomic E-state index is 0. The van der Waals surface area contributed by atoms with Crippen LogP contribution in [0.25, 0.3) is 0 Å². The summed E-state index contributed by atoms with van der Waals surface area (Å²) >= 11 is 5.90. The lowest BCUT2D eigenvalue weighted by atomic mass is 9.94. The molecule has 0 saturated heterocycles. The molecular weight excluding hydrogens is 237 g/mol. The Morgan fingerprint density at radius 2 is 1.67 bits per heavy atom. The number of hydrogen-bond acceptors (Lipinski definition) is 0. The predicted molar refractivity (Wildman–Crippen MR) is 49.7 cm³/mol. The Labute approximate surface area is 91.4 Å². The van der Waals surface area contributed by atoms with E-state index in [0.29, 0.717) is 0 Å². The van der Waals surface area contributed by atoms with Gasteiger partial charge < -0.3 is 21.5 Å². The number of halogens is 2. The van der Waals surface area contributed by atoms with Crippen molar-refractivity contribution in [2.24, 2.45) is 0 Å². The van der Waals surface area contributed by atoms with Crippen LogP contribution in [0.15, 0.2) is 0 Å². The largest absolute Gasteiger partial charge is 1.00 e. The molecule has 1 nitrogen and oxygen atoms in total. The van der Waals surface area contributed by atoms with E-state index in [4.69, 9.17) is 11.6 Å². The molecule has 0 unspecified atom stereocenters. The van der Waals surface area contributed by atoms with Crippen molar-refractivity contribution in [3.8, 4) is 0 Å². The van der Waals surface area contributed by atoms with Gasteiger partial charge in [0.1, 0.15) is 0 Å². The SMILES string of the molecule is C[N+](C)(CCl)C1CCCCC1.[Br-]. The van der Waals surface area contributed by atoms with Gasteiger partial charge in [0.2, 0.25) is 0 Å². The monoisotopic (exact) mass is 255 g/mol. The van der Waals surface area contributed by atoms with Crippen molar-refractivity contribution in [3.05, 3.63) is 0 Å². The first-order valence-corrected chi connectivity index (χ1v) is 5.09. The fourth-order valence-corrected chi connectivity index (χ4v) is 2.07. The molecule has 0 amide bonds. The van der Waals surface area contributed by atoms with Crippen LogP contribution < -0.4 is 17.0 Å². The lowest BCUT2D eigenvalue weighted by Crippen LogP contribution is -3.00. The maximum absolute atomic E-state index is 5.90. The molecule has 74 valence electrons. The van der Waals surface area contributed by atoms with Crippen molar-refractivity contribution >= 4 is 11.6 Å². The molecule has 0 bridgehead atoms. The molecule has 0 radical (unpaired) electrons. The van der Waals surface area contributed by atoms with Crippen molar-refractivity contribution in [1.29, 1.82) is 0 Å². The molecule has 0 aliphatic heterocycles. The van der Waals surface area contributed by atoms with Crippen molar-refractivity contribution in [1.82, 2.24) is 0 Å². The summed E-state index contributed by atoms with van der Waals surface area (Å²) in [4.78, 5) is 0. The Kier molecular flexibility index (Phi) is 5.79. The lowest BCUT2D eigenvalue weighted by molar-refractivity contribution is -0.905. The van der Waals surface area contributed by atoms with Gasteiger partial charge in [-0.1, -0.05) is 18.0 Å². The van der Waals surface area contributed by atoms with Crippen molar-refractivity contribution in [2.45, 2.75) is 38.1 Å². The van der Waals surface area contributed by atoms with E-state index in [1.165, 1.54) is 32.1 Å². The van der Waals surface area contributed by atoms with Gasteiger partial charge in [-0.3, -0.25) is 0 Å². The molecular formula is C9H19BrClN. The Morgan fingerprint density at radius 3 is 2.08 bits per heavy atom. The topological polar surface area (TPSA) is 0 Å². The van der Waals surface area contributed by atoms with E-state index in [2.05, 4.69) is 14.1 Å².